The van der Waals surface area contributed by atoms with Crippen LogP contribution in [0.5, 0.6) is 0 Å². The fourth-order valence-corrected chi connectivity index (χ4v) is 3.16. The van der Waals surface area contributed by atoms with Crippen molar-refractivity contribution in [2.75, 3.05) is 39.6 Å². The highest BCUT2D eigenvalue weighted by atomic mass is 32.1. The Morgan fingerprint density at radius 1 is 1.19 bits per heavy atom. The van der Waals surface area contributed by atoms with Crippen LogP contribution in [0.1, 0.15) is 18.2 Å². The van der Waals surface area contributed by atoms with Gasteiger partial charge < -0.3 is 15.5 Å². The Hall–Kier alpha value is -2.12. The molecule has 142 valence electrons. The number of thiazole rings is 1. The number of anilines is 1. The van der Waals surface area contributed by atoms with Crippen LogP contribution in [-0.4, -0.2) is 56.6 Å². The third-order valence-electron chi connectivity index (χ3n) is 4.17. The predicted octanol–water partition coefficient (Wildman–Crippen LogP) is 2.39. The summed E-state index contributed by atoms with van der Waals surface area (Å²) in [5.41, 5.74) is 2.35. The Bertz CT molecular complexity index is 682. The SMILES string of the molecule is CN=C(NCc1csc(N(C)C)n1)NCC(C)N(C)Cc1ccccc1. The molecule has 1 atom stereocenters. The maximum atomic E-state index is 4.58. The van der Waals surface area contributed by atoms with E-state index < -0.39 is 0 Å². The Labute approximate surface area is 161 Å². The van der Waals surface area contributed by atoms with Gasteiger partial charge in [-0.15, -0.1) is 11.3 Å². The summed E-state index contributed by atoms with van der Waals surface area (Å²) in [7, 11) is 7.95. The molecule has 0 aliphatic heterocycles. The van der Waals surface area contributed by atoms with Gasteiger partial charge in [-0.2, -0.15) is 0 Å². The van der Waals surface area contributed by atoms with Crippen molar-refractivity contribution in [3.63, 3.8) is 0 Å². The van der Waals surface area contributed by atoms with Crippen molar-refractivity contribution in [3.05, 3.63) is 47.0 Å². The Balaban J connectivity index is 1.76. The highest BCUT2D eigenvalue weighted by molar-refractivity contribution is 7.13. The van der Waals surface area contributed by atoms with Gasteiger partial charge in [-0.25, -0.2) is 4.98 Å². The van der Waals surface area contributed by atoms with Crippen LogP contribution in [0.25, 0.3) is 0 Å². The number of nitrogens with one attached hydrogen (secondary N) is 2. The molecule has 0 aliphatic rings. The smallest absolute Gasteiger partial charge is 0.191 e. The van der Waals surface area contributed by atoms with E-state index in [-0.39, 0.29) is 0 Å². The zero-order valence-electron chi connectivity index (χ0n) is 16.4. The lowest BCUT2D eigenvalue weighted by Gasteiger charge is -2.25. The molecule has 0 spiro atoms. The number of nitrogens with zero attached hydrogens (tertiary/aromatic N) is 4. The summed E-state index contributed by atoms with van der Waals surface area (Å²) in [5.74, 6) is 0.796. The van der Waals surface area contributed by atoms with Gasteiger partial charge in [0.25, 0.3) is 0 Å². The summed E-state index contributed by atoms with van der Waals surface area (Å²) in [6.45, 7) is 4.64. The fourth-order valence-electron chi connectivity index (χ4n) is 2.41. The molecule has 1 aromatic heterocycles. The molecule has 1 heterocycles. The first-order valence-corrected chi connectivity index (χ1v) is 9.68. The van der Waals surface area contributed by atoms with Crippen LogP contribution >= 0.6 is 11.3 Å². The molecule has 0 fully saturated rings. The molecule has 2 rings (SSSR count). The van der Waals surface area contributed by atoms with E-state index in [1.165, 1.54) is 5.56 Å². The summed E-state index contributed by atoms with van der Waals surface area (Å²) in [6.07, 6.45) is 0. The van der Waals surface area contributed by atoms with E-state index >= 15 is 0 Å². The van der Waals surface area contributed by atoms with Crippen molar-refractivity contribution in [3.8, 4) is 0 Å². The molecule has 0 bridgehead atoms. The minimum Gasteiger partial charge on any atom is -0.355 e. The van der Waals surface area contributed by atoms with E-state index in [0.717, 1.165) is 29.9 Å². The van der Waals surface area contributed by atoms with Crippen LogP contribution in [0, 0.1) is 0 Å². The lowest BCUT2D eigenvalue weighted by molar-refractivity contribution is 0.249. The quantitative estimate of drug-likeness (QED) is 0.549. The van der Waals surface area contributed by atoms with E-state index in [9.17, 15) is 0 Å². The van der Waals surface area contributed by atoms with Gasteiger partial charge in [-0.3, -0.25) is 9.89 Å². The lowest BCUT2D eigenvalue weighted by atomic mass is 10.2. The van der Waals surface area contributed by atoms with Gasteiger partial charge in [0.15, 0.2) is 11.1 Å². The number of rotatable bonds is 8. The van der Waals surface area contributed by atoms with Gasteiger partial charge in [0.2, 0.25) is 0 Å². The first-order chi connectivity index (χ1) is 12.5. The van der Waals surface area contributed by atoms with Crippen LogP contribution < -0.4 is 15.5 Å². The molecule has 2 N–H and O–H groups in total. The van der Waals surface area contributed by atoms with Crippen molar-refractivity contribution >= 4 is 22.4 Å². The topological polar surface area (TPSA) is 55.8 Å². The maximum Gasteiger partial charge on any atom is 0.191 e. The van der Waals surface area contributed by atoms with Crippen LogP contribution in [-0.2, 0) is 13.1 Å². The third-order valence-corrected chi connectivity index (χ3v) is 5.23. The maximum absolute atomic E-state index is 4.58. The molecule has 0 amide bonds. The molecule has 0 saturated carbocycles. The van der Waals surface area contributed by atoms with E-state index in [2.05, 4.69) is 69.1 Å². The average molecular weight is 375 g/mol. The van der Waals surface area contributed by atoms with Crippen LogP contribution in [0.2, 0.25) is 0 Å². The lowest BCUT2D eigenvalue weighted by Crippen LogP contribution is -2.44. The standard InChI is InChI=1S/C19H30N6S/c1-15(25(5)13-16-9-7-6-8-10-16)11-21-18(20-2)22-12-17-14-26-19(23-17)24(3)4/h6-10,14-15H,11-13H2,1-5H3,(H2,20,21,22). The van der Waals surface area contributed by atoms with Crippen molar-refractivity contribution in [2.45, 2.75) is 26.1 Å². The third kappa shape index (κ3) is 6.31. The largest absolute Gasteiger partial charge is 0.355 e. The van der Waals surface area contributed by atoms with Gasteiger partial charge in [-0.05, 0) is 19.5 Å². The molecule has 0 saturated heterocycles. The van der Waals surface area contributed by atoms with E-state index in [0.29, 0.717) is 12.6 Å². The first kappa shape index (κ1) is 20.2. The molecule has 1 unspecified atom stereocenters. The molecule has 2 aromatic rings. The average Bonchev–Trinajstić information content (AvgIpc) is 3.12. The minimum absolute atomic E-state index is 0.383. The van der Waals surface area contributed by atoms with Crippen molar-refractivity contribution in [2.24, 2.45) is 4.99 Å². The summed E-state index contributed by atoms with van der Waals surface area (Å²) in [6, 6.07) is 10.9. The molecule has 26 heavy (non-hydrogen) atoms. The minimum atomic E-state index is 0.383. The highest BCUT2D eigenvalue weighted by Gasteiger charge is 2.11. The van der Waals surface area contributed by atoms with Gasteiger partial charge in [0, 0.05) is 45.7 Å². The summed E-state index contributed by atoms with van der Waals surface area (Å²) in [5, 5.41) is 9.82. The van der Waals surface area contributed by atoms with E-state index in [4.69, 9.17) is 0 Å². The van der Waals surface area contributed by atoms with E-state index in [1.54, 1.807) is 18.4 Å². The molecular formula is C19H30N6S. The number of guanidine groups is 1. The van der Waals surface area contributed by atoms with Crippen LogP contribution in [0.3, 0.4) is 0 Å². The number of benzene rings is 1. The van der Waals surface area contributed by atoms with Crippen LogP contribution in [0.4, 0.5) is 5.13 Å². The van der Waals surface area contributed by atoms with Crippen molar-refractivity contribution < 1.29 is 0 Å². The number of aromatic nitrogens is 1. The number of hydrogen-bond donors (Lipinski definition) is 2. The van der Waals surface area contributed by atoms with Crippen LogP contribution in [0.15, 0.2) is 40.7 Å². The van der Waals surface area contributed by atoms with Gasteiger partial charge in [-0.1, -0.05) is 30.3 Å². The second-order valence-corrected chi connectivity index (χ2v) is 7.41. The molecule has 7 heteroatoms. The summed E-state index contributed by atoms with van der Waals surface area (Å²) >= 11 is 1.65. The Kier molecular flexibility index (Phi) is 7.87. The van der Waals surface area contributed by atoms with Crippen molar-refractivity contribution in [1.82, 2.24) is 20.5 Å². The van der Waals surface area contributed by atoms with Gasteiger partial charge >= 0.3 is 0 Å². The van der Waals surface area contributed by atoms with Gasteiger partial charge in [0.05, 0.1) is 12.2 Å². The zero-order chi connectivity index (χ0) is 18.9. The molecule has 0 aliphatic carbocycles. The molecular weight excluding hydrogens is 344 g/mol. The molecule has 1 aromatic carbocycles. The predicted molar refractivity (Wildman–Crippen MR) is 112 cm³/mol. The summed E-state index contributed by atoms with van der Waals surface area (Å²) < 4.78 is 0. The molecule has 0 radical (unpaired) electrons. The summed E-state index contributed by atoms with van der Waals surface area (Å²) in [4.78, 5) is 13.2. The fraction of sp³-hybridized carbons (Fsp3) is 0.474. The molecule has 6 nitrogen and oxygen atoms in total. The normalized spacial score (nSPS) is 12.9. The monoisotopic (exact) mass is 374 g/mol. The number of aliphatic imine (C=N–C) groups is 1. The second-order valence-electron chi connectivity index (χ2n) is 6.57. The van der Waals surface area contributed by atoms with E-state index in [1.807, 2.05) is 25.1 Å². The van der Waals surface area contributed by atoms with Crippen molar-refractivity contribution in [1.29, 1.82) is 0 Å². The highest BCUT2D eigenvalue weighted by Crippen LogP contribution is 2.17. The zero-order valence-corrected chi connectivity index (χ0v) is 17.2. The number of likely N-dealkylation sites (N-methyl/N-ethyl adjacent to an activating group) is 1. The van der Waals surface area contributed by atoms with Gasteiger partial charge in [0.1, 0.15) is 0 Å². The first-order valence-electron chi connectivity index (χ1n) is 8.80. The Morgan fingerprint density at radius 2 is 1.92 bits per heavy atom. The number of hydrogen-bond acceptors (Lipinski definition) is 5. The second kappa shape index (κ2) is 10.1. The Morgan fingerprint density at radius 3 is 2.54 bits per heavy atom.